The van der Waals surface area contributed by atoms with E-state index in [-0.39, 0.29) is 27.9 Å². The molecule has 0 saturated carbocycles. The number of nitrogens with zero attached hydrogens (tertiary/aromatic N) is 1. The fourth-order valence-electron chi connectivity index (χ4n) is 2.37. The van der Waals surface area contributed by atoms with Crippen LogP contribution < -0.4 is 10.5 Å². The van der Waals surface area contributed by atoms with Gasteiger partial charge in [0.25, 0.3) is 15.9 Å². The van der Waals surface area contributed by atoms with Crippen molar-refractivity contribution in [3.63, 3.8) is 0 Å². The molecule has 0 aliphatic rings. The number of aryl methyl sites for hydroxylation is 1. The van der Waals surface area contributed by atoms with Crippen molar-refractivity contribution in [3.05, 3.63) is 61.9 Å². The van der Waals surface area contributed by atoms with Gasteiger partial charge in [0.15, 0.2) is 5.78 Å². The van der Waals surface area contributed by atoms with Gasteiger partial charge >= 0.3 is 0 Å². The maximum Gasteiger partial charge on any atom is 0.265 e. The number of benzene rings is 1. The lowest BCUT2D eigenvalue weighted by Crippen LogP contribution is -2.16. The van der Waals surface area contributed by atoms with E-state index in [0.29, 0.717) is 16.7 Å². The highest BCUT2D eigenvalue weighted by atomic mass is 79.9. The maximum atomic E-state index is 12.7. The normalized spacial score (nSPS) is 11.5. The van der Waals surface area contributed by atoms with E-state index in [1.165, 1.54) is 6.07 Å². The summed E-state index contributed by atoms with van der Waals surface area (Å²) in [6, 6.07) is 8.72. The van der Waals surface area contributed by atoms with E-state index in [4.69, 9.17) is 10.3 Å². The summed E-state index contributed by atoms with van der Waals surface area (Å²) in [7, 11) is -4.00. The molecule has 3 aromatic rings. The molecule has 142 valence electrons. The zero-order chi connectivity index (χ0) is 19.6. The molecule has 27 heavy (non-hydrogen) atoms. The molecule has 0 saturated heterocycles. The lowest BCUT2D eigenvalue weighted by molar-refractivity contribution is 0.0994. The van der Waals surface area contributed by atoms with Crippen LogP contribution in [-0.4, -0.2) is 19.4 Å². The van der Waals surface area contributed by atoms with E-state index < -0.39 is 10.0 Å². The van der Waals surface area contributed by atoms with Gasteiger partial charge < -0.3 is 10.3 Å². The Kier molecular flexibility index (Phi) is 5.80. The fourth-order valence-corrected chi connectivity index (χ4v) is 5.13. The summed E-state index contributed by atoms with van der Waals surface area (Å²) in [6.07, 6.45) is 0.0962. The number of hydrogen-bond acceptors (Lipinski definition) is 7. The Labute approximate surface area is 168 Å². The fraction of sp³-hybridized carbons (Fsp3) is 0.176. The summed E-state index contributed by atoms with van der Waals surface area (Å²) >= 11 is 4.30. The highest BCUT2D eigenvalue weighted by Crippen LogP contribution is 2.30. The number of Topliss-reactive ketones (excluding diaryl/α,β-unsaturated/α-hetero) is 1. The van der Waals surface area contributed by atoms with Gasteiger partial charge in [0.05, 0.1) is 10.6 Å². The van der Waals surface area contributed by atoms with Crippen molar-refractivity contribution in [2.75, 3.05) is 4.72 Å². The highest BCUT2D eigenvalue weighted by molar-refractivity contribution is 9.10. The molecule has 0 fully saturated rings. The molecule has 0 unspecified atom stereocenters. The van der Waals surface area contributed by atoms with Crippen molar-refractivity contribution in [1.82, 2.24) is 5.16 Å². The summed E-state index contributed by atoms with van der Waals surface area (Å²) in [4.78, 5) is 12.7. The Balaban J connectivity index is 1.83. The van der Waals surface area contributed by atoms with Crippen LogP contribution in [0.4, 0.5) is 5.88 Å². The highest BCUT2D eigenvalue weighted by Gasteiger charge is 2.26. The number of nitrogens with one attached hydrogen (secondary N) is 1. The summed E-state index contributed by atoms with van der Waals surface area (Å²) in [6.45, 7) is 2.09. The van der Waals surface area contributed by atoms with E-state index in [1.807, 2.05) is 24.3 Å². The second-order valence-corrected chi connectivity index (χ2v) is 9.11. The number of ketones is 1. The molecule has 0 spiro atoms. The number of thiophene rings is 1. The van der Waals surface area contributed by atoms with Crippen LogP contribution in [0.1, 0.15) is 26.5 Å². The minimum Gasteiger partial charge on any atom is -0.336 e. The van der Waals surface area contributed by atoms with Crippen LogP contribution in [0.15, 0.2) is 49.6 Å². The summed E-state index contributed by atoms with van der Waals surface area (Å²) in [5.74, 6) is -0.312. The Morgan fingerprint density at radius 1 is 1.26 bits per heavy atom. The van der Waals surface area contributed by atoms with Gasteiger partial charge in [-0.25, -0.2) is 13.1 Å². The number of anilines is 1. The number of rotatable bonds is 7. The van der Waals surface area contributed by atoms with E-state index in [9.17, 15) is 13.2 Å². The largest absolute Gasteiger partial charge is 0.336 e. The number of carbonyl (C=O) groups excluding carboxylic acids is 1. The van der Waals surface area contributed by atoms with Gasteiger partial charge in [0.1, 0.15) is 9.37 Å². The molecule has 10 heteroatoms. The molecule has 3 N–H and O–H groups in total. The number of halogens is 1. The number of hydrogen-bond donors (Lipinski definition) is 2. The van der Waals surface area contributed by atoms with Crippen LogP contribution in [0.2, 0.25) is 0 Å². The molecular weight excluding hydrogens is 454 g/mol. The van der Waals surface area contributed by atoms with E-state index in [0.717, 1.165) is 22.5 Å². The Morgan fingerprint density at radius 2 is 1.93 bits per heavy atom. The molecular formula is C17H16BrN3O4S2. The molecule has 3 rings (SSSR count). The van der Waals surface area contributed by atoms with Gasteiger partial charge in [-0.1, -0.05) is 29.4 Å². The van der Waals surface area contributed by atoms with Crippen molar-refractivity contribution in [3.8, 4) is 0 Å². The molecule has 0 aliphatic carbocycles. The van der Waals surface area contributed by atoms with E-state index in [2.05, 4.69) is 25.8 Å². The zero-order valence-electron chi connectivity index (χ0n) is 14.2. The second kappa shape index (κ2) is 7.93. The van der Waals surface area contributed by atoms with Gasteiger partial charge in [0.2, 0.25) is 0 Å². The first-order valence-electron chi connectivity index (χ1n) is 7.85. The molecule has 1 aromatic carbocycles. The zero-order valence-corrected chi connectivity index (χ0v) is 17.4. The molecule has 0 atom stereocenters. The van der Waals surface area contributed by atoms with Crippen LogP contribution in [0.3, 0.4) is 0 Å². The van der Waals surface area contributed by atoms with Crippen LogP contribution in [0.25, 0.3) is 0 Å². The maximum absolute atomic E-state index is 12.7. The van der Waals surface area contributed by atoms with Crippen molar-refractivity contribution in [1.29, 1.82) is 0 Å². The third-order valence-electron chi connectivity index (χ3n) is 3.81. The Hall–Kier alpha value is -2.01. The average molecular weight is 470 g/mol. The number of sulfonamides is 1. The molecule has 0 radical (unpaired) electrons. The quantitative estimate of drug-likeness (QED) is 0.511. The van der Waals surface area contributed by atoms with Crippen molar-refractivity contribution >= 4 is 49.0 Å². The lowest BCUT2D eigenvalue weighted by Gasteiger charge is -2.07. The van der Waals surface area contributed by atoms with Crippen LogP contribution in [0, 0.1) is 6.92 Å². The van der Waals surface area contributed by atoms with Crippen LogP contribution in [0.5, 0.6) is 0 Å². The minimum absolute atomic E-state index is 0.0329. The number of carbonyl (C=O) groups is 1. The molecule has 0 amide bonds. The Morgan fingerprint density at radius 3 is 2.52 bits per heavy atom. The Bertz CT molecular complexity index is 1070. The third-order valence-corrected chi connectivity index (χ3v) is 7.21. The monoisotopic (exact) mass is 469 g/mol. The number of nitrogens with two attached hydrogens (primary N) is 1. The summed E-state index contributed by atoms with van der Waals surface area (Å²) in [5, 5.41) is 5.26. The second-order valence-electron chi connectivity index (χ2n) is 5.75. The molecule has 2 heterocycles. The van der Waals surface area contributed by atoms with Gasteiger partial charge in [-0.2, -0.15) is 0 Å². The molecule has 7 nitrogen and oxygen atoms in total. The molecule has 0 bridgehead atoms. The van der Waals surface area contributed by atoms with E-state index in [1.54, 1.807) is 12.3 Å². The van der Waals surface area contributed by atoms with E-state index >= 15 is 0 Å². The first-order chi connectivity index (χ1) is 12.8. The third kappa shape index (κ3) is 4.29. The van der Waals surface area contributed by atoms with Gasteiger partial charge in [0, 0.05) is 13.0 Å². The van der Waals surface area contributed by atoms with Crippen LogP contribution in [-0.2, 0) is 23.0 Å². The van der Waals surface area contributed by atoms with Gasteiger partial charge in [-0.3, -0.25) is 4.79 Å². The smallest absolute Gasteiger partial charge is 0.265 e. The summed E-state index contributed by atoms with van der Waals surface area (Å²) in [5.41, 5.74) is 7.82. The first-order valence-corrected chi connectivity index (χ1v) is 11.0. The van der Waals surface area contributed by atoms with Crippen molar-refractivity contribution in [2.24, 2.45) is 5.73 Å². The predicted molar refractivity (Wildman–Crippen MR) is 106 cm³/mol. The minimum atomic E-state index is -4.00. The van der Waals surface area contributed by atoms with Crippen LogP contribution >= 0.6 is 27.3 Å². The first kappa shape index (κ1) is 19.7. The molecule has 2 aromatic heterocycles. The average Bonchev–Trinajstić information content (AvgIpc) is 3.26. The standard InChI is InChI=1S/C17H16BrN3O4S2/c1-10-15(18)17(25-20-10)21-27(23,24)14-6-7-26-16(14)13(22)8-11-2-4-12(9-19)5-3-11/h2-7,21H,8-9,19H2,1H3. The topological polar surface area (TPSA) is 115 Å². The molecule has 0 aliphatic heterocycles. The van der Waals surface area contributed by atoms with Gasteiger partial charge in [-0.05, 0) is 45.4 Å². The lowest BCUT2D eigenvalue weighted by atomic mass is 10.1. The summed E-state index contributed by atoms with van der Waals surface area (Å²) < 4.78 is 33.1. The number of aromatic nitrogens is 1. The van der Waals surface area contributed by atoms with Crippen molar-refractivity contribution < 1.29 is 17.7 Å². The predicted octanol–water partition coefficient (Wildman–Crippen LogP) is 3.49. The SMILES string of the molecule is Cc1noc(NS(=O)(=O)c2ccsc2C(=O)Cc2ccc(CN)cc2)c1Br. The van der Waals surface area contributed by atoms with Gasteiger partial charge in [-0.15, -0.1) is 11.3 Å². The van der Waals surface area contributed by atoms with Crippen molar-refractivity contribution in [2.45, 2.75) is 24.8 Å².